The van der Waals surface area contributed by atoms with Gasteiger partial charge in [0.1, 0.15) is 5.82 Å². The number of nitrogens with two attached hydrogens (primary N) is 1. The van der Waals surface area contributed by atoms with Crippen molar-refractivity contribution in [1.82, 2.24) is 9.78 Å². The SMILES string of the molecule is Cc1nn(Cc2cccc(F)c2Br)c(C)c1N. The average Bonchev–Trinajstić information content (AvgIpc) is 2.53. The molecule has 3 nitrogen and oxygen atoms in total. The zero-order valence-electron chi connectivity index (χ0n) is 9.67. The molecule has 0 spiro atoms. The Morgan fingerprint density at radius 1 is 1.41 bits per heavy atom. The molecule has 2 rings (SSSR count). The van der Waals surface area contributed by atoms with E-state index < -0.39 is 0 Å². The molecule has 90 valence electrons. The van der Waals surface area contributed by atoms with Crippen LogP contribution in [0.4, 0.5) is 10.1 Å². The molecule has 1 aromatic heterocycles. The van der Waals surface area contributed by atoms with Crippen molar-refractivity contribution in [1.29, 1.82) is 0 Å². The minimum Gasteiger partial charge on any atom is -0.396 e. The van der Waals surface area contributed by atoms with Gasteiger partial charge in [-0.05, 0) is 41.4 Å². The Balaban J connectivity index is 2.38. The molecule has 0 atom stereocenters. The summed E-state index contributed by atoms with van der Waals surface area (Å²) < 4.78 is 15.6. The average molecular weight is 298 g/mol. The maximum atomic E-state index is 13.4. The summed E-state index contributed by atoms with van der Waals surface area (Å²) >= 11 is 3.24. The molecule has 1 heterocycles. The molecule has 5 heteroatoms. The molecule has 0 radical (unpaired) electrons. The summed E-state index contributed by atoms with van der Waals surface area (Å²) in [6, 6.07) is 4.97. The Labute approximate surface area is 108 Å². The summed E-state index contributed by atoms with van der Waals surface area (Å²) in [5.41, 5.74) is 9.09. The lowest BCUT2D eigenvalue weighted by Gasteiger charge is -2.07. The van der Waals surface area contributed by atoms with Crippen LogP contribution < -0.4 is 5.73 Å². The third kappa shape index (κ3) is 2.20. The van der Waals surface area contributed by atoms with E-state index >= 15 is 0 Å². The van der Waals surface area contributed by atoms with Crippen molar-refractivity contribution in [2.75, 3.05) is 5.73 Å². The zero-order chi connectivity index (χ0) is 12.6. The topological polar surface area (TPSA) is 43.8 Å². The number of nitrogen functional groups attached to an aromatic ring is 1. The summed E-state index contributed by atoms with van der Waals surface area (Å²) in [6.07, 6.45) is 0. The van der Waals surface area contributed by atoms with E-state index in [9.17, 15) is 4.39 Å². The largest absolute Gasteiger partial charge is 0.396 e. The first kappa shape index (κ1) is 12.1. The highest BCUT2D eigenvalue weighted by Gasteiger charge is 2.11. The Hall–Kier alpha value is -1.36. The Bertz CT molecular complexity index is 563. The van der Waals surface area contributed by atoms with Gasteiger partial charge >= 0.3 is 0 Å². The monoisotopic (exact) mass is 297 g/mol. The van der Waals surface area contributed by atoms with E-state index in [1.807, 2.05) is 19.9 Å². The number of nitrogens with zero attached hydrogens (tertiary/aromatic N) is 2. The van der Waals surface area contributed by atoms with Gasteiger partial charge in [-0.15, -0.1) is 0 Å². The molecule has 0 saturated heterocycles. The van der Waals surface area contributed by atoms with Crippen molar-refractivity contribution in [3.05, 3.63) is 45.4 Å². The lowest BCUT2D eigenvalue weighted by atomic mass is 10.2. The number of anilines is 1. The number of hydrogen-bond donors (Lipinski definition) is 1. The lowest BCUT2D eigenvalue weighted by Crippen LogP contribution is -2.05. The van der Waals surface area contributed by atoms with Crippen molar-refractivity contribution in [3.63, 3.8) is 0 Å². The second kappa shape index (κ2) is 4.49. The van der Waals surface area contributed by atoms with Gasteiger partial charge in [0.25, 0.3) is 0 Å². The van der Waals surface area contributed by atoms with Gasteiger partial charge in [0.05, 0.1) is 28.1 Å². The van der Waals surface area contributed by atoms with Crippen LogP contribution in [0.3, 0.4) is 0 Å². The van der Waals surface area contributed by atoms with Crippen LogP contribution in [0.2, 0.25) is 0 Å². The summed E-state index contributed by atoms with van der Waals surface area (Å²) in [5.74, 6) is -0.267. The van der Waals surface area contributed by atoms with Gasteiger partial charge in [0, 0.05) is 0 Å². The number of aryl methyl sites for hydroxylation is 1. The number of benzene rings is 1. The van der Waals surface area contributed by atoms with Gasteiger partial charge < -0.3 is 5.73 Å². The van der Waals surface area contributed by atoms with E-state index in [1.165, 1.54) is 6.07 Å². The predicted octanol–water partition coefficient (Wildman–Crippen LogP) is 3.03. The molecule has 0 bridgehead atoms. The van der Waals surface area contributed by atoms with Crippen LogP contribution in [-0.2, 0) is 6.54 Å². The van der Waals surface area contributed by atoms with Gasteiger partial charge in [-0.2, -0.15) is 5.10 Å². The first-order valence-corrected chi connectivity index (χ1v) is 6.02. The second-order valence-electron chi connectivity index (χ2n) is 3.96. The van der Waals surface area contributed by atoms with E-state index in [4.69, 9.17) is 5.73 Å². The van der Waals surface area contributed by atoms with E-state index in [2.05, 4.69) is 21.0 Å². The van der Waals surface area contributed by atoms with Crippen LogP contribution in [0.1, 0.15) is 17.0 Å². The molecule has 0 amide bonds. The molecular weight excluding hydrogens is 285 g/mol. The first-order chi connectivity index (χ1) is 8.00. The first-order valence-electron chi connectivity index (χ1n) is 5.23. The molecule has 0 saturated carbocycles. The third-order valence-corrected chi connectivity index (χ3v) is 3.68. The standard InChI is InChI=1S/C12H13BrFN3/c1-7-12(15)8(2)17(16-7)6-9-4-3-5-10(14)11(9)13/h3-5H,6,15H2,1-2H3. The maximum Gasteiger partial charge on any atom is 0.137 e. The van der Waals surface area contributed by atoms with Crippen molar-refractivity contribution >= 4 is 21.6 Å². The number of aromatic nitrogens is 2. The molecular formula is C12H13BrFN3. The van der Waals surface area contributed by atoms with Crippen molar-refractivity contribution < 1.29 is 4.39 Å². The molecule has 0 aliphatic heterocycles. The minimum absolute atomic E-state index is 0.267. The number of halogens is 2. The molecule has 0 unspecified atom stereocenters. The molecule has 0 fully saturated rings. The molecule has 2 N–H and O–H groups in total. The fourth-order valence-corrected chi connectivity index (χ4v) is 2.09. The van der Waals surface area contributed by atoms with E-state index in [0.717, 1.165) is 17.0 Å². The maximum absolute atomic E-state index is 13.4. The quantitative estimate of drug-likeness (QED) is 0.926. The highest BCUT2D eigenvalue weighted by atomic mass is 79.9. The van der Waals surface area contributed by atoms with Crippen LogP contribution in [-0.4, -0.2) is 9.78 Å². The smallest absolute Gasteiger partial charge is 0.137 e. The summed E-state index contributed by atoms with van der Waals surface area (Å²) in [6.45, 7) is 4.27. The van der Waals surface area contributed by atoms with E-state index in [-0.39, 0.29) is 5.82 Å². The number of rotatable bonds is 2. The zero-order valence-corrected chi connectivity index (χ0v) is 11.3. The Morgan fingerprint density at radius 3 is 2.71 bits per heavy atom. The minimum atomic E-state index is -0.267. The van der Waals surface area contributed by atoms with Crippen molar-refractivity contribution in [2.24, 2.45) is 0 Å². The summed E-state index contributed by atoms with van der Waals surface area (Å²) in [5, 5.41) is 4.32. The van der Waals surface area contributed by atoms with Crippen LogP contribution in [0, 0.1) is 19.7 Å². The van der Waals surface area contributed by atoms with Gasteiger partial charge in [-0.25, -0.2) is 4.39 Å². The third-order valence-electron chi connectivity index (χ3n) is 2.79. The van der Waals surface area contributed by atoms with Crippen molar-refractivity contribution in [2.45, 2.75) is 20.4 Å². The molecule has 2 aromatic rings. The van der Waals surface area contributed by atoms with E-state index in [1.54, 1.807) is 10.7 Å². The summed E-state index contributed by atoms with van der Waals surface area (Å²) in [7, 11) is 0. The molecule has 0 aliphatic rings. The highest BCUT2D eigenvalue weighted by molar-refractivity contribution is 9.10. The Kier molecular flexibility index (Phi) is 3.19. The number of hydrogen-bond acceptors (Lipinski definition) is 2. The highest BCUT2D eigenvalue weighted by Crippen LogP contribution is 2.23. The van der Waals surface area contributed by atoms with E-state index in [0.29, 0.717) is 16.7 Å². The molecule has 1 aromatic carbocycles. The Morgan fingerprint density at radius 2 is 2.12 bits per heavy atom. The molecule has 17 heavy (non-hydrogen) atoms. The van der Waals surface area contributed by atoms with Gasteiger partial charge in [-0.1, -0.05) is 12.1 Å². The van der Waals surface area contributed by atoms with Crippen molar-refractivity contribution in [3.8, 4) is 0 Å². The summed E-state index contributed by atoms with van der Waals surface area (Å²) in [4.78, 5) is 0. The van der Waals surface area contributed by atoms with Crippen LogP contribution in [0.5, 0.6) is 0 Å². The van der Waals surface area contributed by atoms with Gasteiger partial charge in [0.15, 0.2) is 0 Å². The lowest BCUT2D eigenvalue weighted by molar-refractivity contribution is 0.608. The van der Waals surface area contributed by atoms with Crippen LogP contribution in [0.25, 0.3) is 0 Å². The van der Waals surface area contributed by atoms with Gasteiger partial charge in [-0.3, -0.25) is 4.68 Å². The van der Waals surface area contributed by atoms with Gasteiger partial charge in [0.2, 0.25) is 0 Å². The van der Waals surface area contributed by atoms with Crippen LogP contribution >= 0.6 is 15.9 Å². The fraction of sp³-hybridized carbons (Fsp3) is 0.250. The predicted molar refractivity (Wildman–Crippen MR) is 69.3 cm³/mol. The molecule has 0 aliphatic carbocycles. The normalized spacial score (nSPS) is 10.8. The fourth-order valence-electron chi connectivity index (χ4n) is 1.70. The van der Waals surface area contributed by atoms with Crippen LogP contribution in [0.15, 0.2) is 22.7 Å². The second-order valence-corrected chi connectivity index (χ2v) is 4.75.